The number of hydrogen-bond acceptors (Lipinski definition) is 4. The van der Waals surface area contributed by atoms with Gasteiger partial charge in [-0.1, -0.05) is 13.3 Å². The number of benzene rings is 1. The molecule has 136 valence electrons. The van der Waals surface area contributed by atoms with Crippen molar-refractivity contribution in [2.45, 2.75) is 64.4 Å². The molecule has 0 spiro atoms. The van der Waals surface area contributed by atoms with Crippen LogP contribution < -0.4 is 14.8 Å². The molecule has 0 aliphatic rings. The maximum Gasteiger partial charge on any atom is 0.241 e. The van der Waals surface area contributed by atoms with Crippen molar-refractivity contribution >= 4 is 15.9 Å². The molecule has 0 heterocycles. The van der Waals surface area contributed by atoms with Crippen LogP contribution in [0.2, 0.25) is 0 Å². The normalized spacial score (nSPS) is 14.0. The molecule has 0 fully saturated rings. The fourth-order valence-corrected chi connectivity index (χ4v) is 3.62. The van der Waals surface area contributed by atoms with Crippen LogP contribution >= 0.6 is 0 Å². The van der Waals surface area contributed by atoms with Crippen molar-refractivity contribution in [2.24, 2.45) is 0 Å². The fraction of sp³-hybridized carbons (Fsp3) is 0.588. The van der Waals surface area contributed by atoms with Gasteiger partial charge in [0, 0.05) is 6.04 Å². The van der Waals surface area contributed by atoms with Crippen LogP contribution in [0.3, 0.4) is 0 Å². The Kier molecular flexibility index (Phi) is 7.69. The molecule has 0 saturated carbocycles. The van der Waals surface area contributed by atoms with Gasteiger partial charge in [-0.05, 0) is 57.9 Å². The lowest BCUT2D eigenvalue weighted by atomic mass is 10.2. The third-order valence-corrected chi connectivity index (χ3v) is 5.13. The largest absolute Gasteiger partial charge is 0.494 e. The van der Waals surface area contributed by atoms with Gasteiger partial charge in [0.15, 0.2) is 0 Å². The van der Waals surface area contributed by atoms with Crippen LogP contribution in [-0.4, -0.2) is 33.0 Å². The van der Waals surface area contributed by atoms with Gasteiger partial charge in [-0.25, -0.2) is 8.42 Å². The van der Waals surface area contributed by atoms with Crippen molar-refractivity contribution in [2.75, 3.05) is 6.61 Å². The molecule has 1 aromatic rings. The van der Waals surface area contributed by atoms with Crippen LogP contribution in [0.15, 0.2) is 23.1 Å². The smallest absolute Gasteiger partial charge is 0.241 e. The maximum atomic E-state index is 12.4. The van der Waals surface area contributed by atoms with Crippen molar-refractivity contribution in [3.8, 4) is 5.75 Å². The first-order valence-electron chi connectivity index (χ1n) is 8.27. The number of carbonyl (C=O) groups excluding carboxylic acids is 1. The Labute approximate surface area is 145 Å². The molecule has 0 saturated heterocycles. The van der Waals surface area contributed by atoms with E-state index < -0.39 is 16.1 Å². The number of nitrogens with one attached hydrogen (secondary N) is 2. The van der Waals surface area contributed by atoms with E-state index in [1.807, 2.05) is 20.8 Å². The number of rotatable bonds is 9. The van der Waals surface area contributed by atoms with Crippen LogP contribution in [0.25, 0.3) is 0 Å². The Morgan fingerprint density at radius 3 is 2.46 bits per heavy atom. The number of carbonyl (C=O) groups is 1. The minimum atomic E-state index is -3.77. The first-order chi connectivity index (χ1) is 11.2. The number of hydrogen-bond donors (Lipinski definition) is 2. The summed E-state index contributed by atoms with van der Waals surface area (Å²) in [5.41, 5.74) is 0.730. The second kappa shape index (κ2) is 9.03. The molecule has 24 heavy (non-hydrogen) atoms. The van der Waals surface area contributed by atoms with Crippen molar-refractivity contribution in [3.63, 3.8) is 0 Å². The van der Waals surface area contributed by atoms with Gasteiger partial charge < -0.3 is 10.1 Å². The Balaban J connectivity index is 2.82. The van der Waals surface area contributed by atoms with Gasteiger partial charge in [0.05, 0.1) is 17.5 Å². The molecular weight excluding hydrogens is 328 g/mol. The van der Waals surface area contributed by atoms with E-state index in [-0.39, 0.29) is 16.8 Å². The highest BCUT2D eigenvalue weighted by Gasteiger charge is 2.23. The zero-order valence-electron chi connectivity index (χ0n) is 15.0. The van der Waals surface area contributed by atoms with E-state index in [4.69, 9.17) is 4.74 Å². The summed E-state index contributed by atoms with van der Waals surface area (Å²) in [5, 5.41) is 2.81. The number of aryl methyl sites for hydroxylation is 1. The first kappa shape index (κ1) is 20.4. The quantitative estimate of drug-likeness (QED) is 0.711. The van der Waals surface area contributed by atoms with Gasteiger partial charge in [0.2, 0.25) is 15.9 Å². The SMILES string of the molecule is CCC[C@H](C)NC(=O)[C@@H](C)NS(=O)(=O)c1ccc(OCC)c(C)c1. The second-order valence-corrected chi connectivity index (χ2v) is 7.62. The van der Waals surface area contributed by atoms with Crippen LogP contribution in [0.1, 0.15) is 46.1 Å². The third-order valence-electron chi connectivity index (χ3n) is 3.59. The summed E-state index contributed by atoms with van der Waals surface area (Å²) in [4.78, 5) is 12.2. The fourth-order valence-electron chi connectivity index (χ4n) is 2.33. The van der Waals surface area contributed by atoms with E-state index >= 15 is 0 Å². The molecule has 7 heteroatoms. The van der Waals surface area contributed by atoms with Crippen LogP contribution in [0, 0.1) is 6.92 Å². The molecule has 1 rings (SSSR count). The summed E-state index contributed by atoms with van der Waals surface area (Å²) in [6.45, 7) is 9.63. The van der Waals surface area contributed by atoms with Crippen LogP contribution in [-0.2, 0) is 14.8 Å². The standard InChI is InChI=1S/C17H28N2O4S/c1-6-8-13(4)18-17(20)14(5)19-24(21,22)15-9-10-16(23-7-2)12(3)11-15/h9-11,13-14,19H,6-8H2,1-5H3,(H,18,20)/t13-,14+/m0/s1. The van der Waals surface area contributed by atoms with Gasteiger partial charge in [0.1, 0.15) is 5.75 Å². The summed E-state index contributed by atoms with van der Waals surface area (Å²) in [6, 6.07) is 3.81. The number of ether oxygens (including phenoxy) is 1. The zero-order chi connectivity index (χ0) is 18.3. The van der Waals surface area contributed by atoms with Crippen LogP contribution in [0.5, 0.6) is 5.75 Å². The summed E-state index contributed by atoms with van der Waals surface area (Å²) >= 11 is 0. The Morgan fingerprint density at radius 1 is 1.25 bits per heavy atom. The van der Waals surface area contributed by atoms with Crippen molar-refractivity contribution in [3.05, 3.63) is 23.8 Å². The second-order valence-electron chi connectivity index (χ2n) is 5.90. The zero-order valence-corrected chi connectivity index (χ0v) is 15.9. The van der Waals surface area contributed by atoms with E-state index in [0.717, 1.165) is 18.4 Å². The first-order valence-corrected chi connectivity index (χ1v) is 9.75. The molecule has 0 unspecified atom stereocenters. The molecule has 0 aromatic heterocycles. The van der Waals surface area contributed by atoms with E-state index in [1.54, 1.807) is 13.0 Å². The number of sulfonamides is 1. The average Bonchev–Trinajstić information content (AvgIpc) is 2.49. The molecule has 0 radical (unpaired) electrons. The summed E-state index contributed by atoms with van der Waals surface area (Å²) < 4.78 is 32.7. The molecule has 6 nitrogen and oxygen atoms in total. The summed E-state index contributed by atoms with van der Waals surface area (Å²) in [5.74, 6) is 0.317. The lowest BCUT2D eigenvalue weighted by molar-refractivity contribution is -0.123. The van der Waals surface area contributed by atoms with Crippen molar-refractivity contribution < 1.29 is 17.9 Å². The molecule has 0 aliphatic carbocycles. The van der Waals surface area contributed by atoms with Gasteiger partial charge in [0.25, 0.3) is 0 Å². The Morgan fingerprint density at radius 2 is 1.92 bits per heavy atom. The highest BCUT2D eigenvalue weighted by atomic mass is 32.2. The van der Waals surface area contributed by atoms with Gasteiger partial charge >= 0.3 is 0 Å². The molecule has 1 amide bonds. The maximum absolute atomic E-state index is 12.4. The predicted molar refractivity (Wildman–Crippen MR) is 94.6 cm³/mol. The minimum Gasteiger partial charge on any atom is -0.494 e. The highest BCUT2D eigenvalue weighted by Crippen LogP contribution is 2.21. The minimum absolute atomic E-state index is 0.0159. The Bertz CT molecular complexity index is 659. The van der Waals surface area contributed by atoms with E-state index in [1.165, 1.54) is 19.1 Å². The molecule has 2 N–H and O–H groups in total. The lowest BCUT2D eigenvalue weighted by Gasteiger charge is -2.18. The van der Waals surface area contributed by atoms with Gasteiger partial charge in [-0.15, -0.1) is 0 Å². The van der Waals surface area contributed by atoms with E-state index in [9.17, 15) is 13.2 Å². The summed E-state index contributed by atoms with van der Waals surface area (Å²) in [6.07, 6.45) is 1.80. The highest BCUT2D eigenvalue weighted by molar-refractivity contribution is 7.89. The lowest BCUT2D eigenvalue weighted by Crippen LogP contribution is -2.47. The molecule has 2 atom stereocenters. The van der Waals surface area contributed by atoms with Gasteiger partial charge in [-0.2, -0.15) is 4.72 Å². The molecular formula is C17H28N2O4S. The van der Waals surface area contributed by atoms with E-state index in [2.05, 4.69) is 10.0 Å². The van der Waals surface area contributed by atoms with Gasteiger partial charge in [-0.3, -0.25) is 4.79 Å². The number of amides is 1. The van der Waals surface area contributed by atoms with Crippen LogP contribution in [0.4, 0.5) is 0 Å². The van der Waals surface area contributed by atoms with Crippen molar-refractivity contribution in [1.82, 2.24) is 10.0 Å². The molecule has 0 aliphatic heterocycles. The Hall–Kier alpha value is -1.60. The van der Waals surface area contributed by atoms with Crippen molar-refractivity contribution in [1.29, 1.82) is 0 Å². The monoisotopic (exact) mass is 356 g/mol. The molecule has 0 bridgehead atoms. The van der Waals surface area contributed by atoms with E-state index in [0.29, 0.717) is 12.4 Å². The molecule has 1 aromatic carbocycles. The third kappa shape index (κ3) is 5.79. The topological polar surface area (TPSA) is 84.5 Å². The predicted octanol–water partition coefficient (Wildman–Crippen LogP) is 2.37. The average molecular weight is 356 g/mol. The summed E-state index contributed by atoms with van der Waals surface area (Å²) in [7, 11) is -3.77.